The number of hydrogen-bond donors (Lipinski definition) is 2. The van der Waals surface area contributed by atoms with Crippen molar-refractivity contribution < 1.29 is 0 Å². The number of hydrazine groups is 1. The highest BCUT2D eigenvalue weighted by atomic mass is 32.2. The quantitative estimate of drug-likeness (QED) is 0.467. The van der Waals surface area contributed by atoms with Gasteiger partial charge in [0, 0.05) is 23.2 Å². The van der Waals surface area contributed by atoms with Crippen LogP contribution in [0.5, 0.6) is 0 Å². The Morgan fingerprint density at radius 2 is 1.90 bits per heavy atom. The van der Waals surface area contributed by atoms with Crippen LogP contribution in [-0.4, -0.2) is 10.7 Å². The number of aromatic nitrogens is 1. The molecule has 4 heteroatoms. The van der Waals surface area contributed by atoms with Gasteiger partial charge in [-0.05, 0) is 41.5 Å². The summed E-state index contributed by atoms with van der Waals surface area (Å²) < 4.78 is 0. The Labute approximate surface area is 131 Å². The SMILES string of the molecule is CCSc1ccc(C(Cc2ccc(CC)cn2)NN)cc1. The minimum atomic E-state index is 0.0886. The second-order valence-corrected chi connectivity index (χ2v) is 6.27. The highest BCUT2D eigenvalue weighted by molar-refractivity contribution is 7.99. The first kappa shape index (κ1) is 16.0. The van der Waals surface area contributed by atoms with Crippen molar-refractivity contribution in [1.29, 1.82) is 0 Å². The van der Waals surface area contributed by atoms with Gasteiger partial charge < -0.3 is 0 Å². The molecular formula is C17H23N3S. The number of nitrogens with two attached hydrogens (primary N) is 1. The van der Waals surface area contributed by atoms with Crippen LogP contribution in [0.4, 0.5) is 0 Å². The fraction of sp³-hybridized carbons (Fsp3) is 0.353. The summed E-state index contributed by atoms with van der Waals surface area (Å²) in [6.07, 6.45) is 3.76. The Balaban J connectivity index is 2.07. The van der Waals surface area contributed by atoms with E-state index in [-0.39, 0.29) is 6.04 Å². The van der Waals surface area contributed by atoms with Crippen molar-refractivity contribution in [3.05, 3.63) is 59.4 Å². The zero-order valence-electron chi connectivity index (χ0n) is 12.7. The Morgan fingerprint density at radius 1 is 1.14 bits per heavy atom. The van der Waals surface area contributed by atoms with Crippen LogP contribution in [0.15, 0.2) is 47.5 Å². The van der Waals surface area contributed by atoms with E-state index in [9.17, 15) is 0 Å². The molecule has 0 bridgehead atoms. The summed E-state index contributed by atoms with van der Waals surface area (Å²) in [5.74, 6) is 6.81. The van der Waals surface area contributed by atoms with E-state index in [2.05, 4.69) is 60.7 Å². The van der Waals surface area contributed by atoms with Crippen molar-refractivity contribution >= 4 is 11.8 Å². The maximum Gasteiger partial charge on any atom is 0.0515 e. The van der Waals surface area contributed by atoms with Crippen LogP contribution in [0, 0.1) is 0 Å². The topological polar surface area (TPSA) is 50.9 Å². The lowest BCUT2D eigenvalue weighted by Crippen LogP contribution is -2.29. The van der Waals surface area contributed by atoms with Gasteiger partial charge in [0.25, 0.3) is 0 Å². The number of aryl methyl sites for hydroxylation is 1. The van der Waals surface area contributed by atoms with Crippen molar-refractivity contribution in [2.45, 2.75) is 37.6 Å². The highest BCUT2D eigenvalue weighted by Crippen LogP contribution is 2.22. The Hall–Kier alpha value is -1.36. The van der Waals surface area contributed by atoms with Crippen LogP contribution in [0.2, 0.25) is 0 Å². The lowest BCUT2D eigenvalue weighted by atomic mass is 10.0. The summed E-state index contributed by atoms with van der Waals surface area (Å²) in [5.41, 5.74) is 6.41. The molecule has 1 aromatic carbocycles. The molecule has 2 rings (SSSR count). The molecule has 0 aliphatic rings. The van der Waals surface area contributed by atoms with Gasteiger partial charge in [-0.3, -0.25) is 16.3 Å². The van der Waals surface area contributed by atoms with Crippen LogP contribution in [-0.2, 0) is 12.8 Å². The lowest BCUT2D eigenvalue weighted by molar-refractivity contribution is 0.545. The Morgan fingerprint density at radius 3 is 2.43 bits per heavy atom. The van der Waals surface area contributed by atoms with Crippen LogP contribution in [0.25, 0.3) is 0 Å². The molecule has 0 saturated heterocycles. The number of thioether (sulfide) groups is 1. The minimum Gasteiger partial charge on any atom is -0.271 e. The molecule has 0 fully saturated rings. The molecule has 21 heavy (non-hydrogen) atoms. The molecule has 3 nitrogen and oxygen atoms in total. The van der Waals surface area contributed by atoms with Gasteiger partial charge in [-0.25, -0.2) is 0 Å². The summed E-state index contributed by atoms with van der Waals surface area (Å²) in [7, 11) is 0. The molecule has 3 N–H and O–H groups in total. The number of nitrogens with zero attached hydrogens (tertiary/aromatic N) is 1. The normalized spacial score (nSPS) is 12.3. The monoisotopic (exact) mass is 301 g/mol. The Bertz CT molecular complexity index is 537. The van der Waals surface area contributed by atoms with Crippen molar-refractivity contribution in [3.8, 4) is 0 Å². The van der Waals surface area contributed by atoms with Crippen molar-refractivity contribution in [1.82, 2.24) is 10.4 Å². The first-order valence-electron chi connectivity index (χ1n) is 7.39. The van der Waals surface area contributed by atoms with Crippen LogP contribution < -0.4 is 11.3 Å². The first-order valence-corrected chi connectivity index (χ1v) is 8.38. The van der Waals surface area contributed by atoms with Crippen LogP contribution >= 0.6 is 11.8 Å². The van der Waals surface area contributed by atoms with Gasteiger partial charge in [0.05, 0.1) is 6.04 Å². The molecule has 0 radical (unpaired) electrons. The average Bonchev–Trinajstić information content (AvgIpc) is 2.54. The minimum absolute atomic E-state index is 0.0886. The van der Waals surface area contributed by atoms with E-state index >= 15 is 0 Å². The maximum atomic E-state index is 5.72. The molecule has 0 aliphatic heterocycles. The van der Waals surface area contributed by atoms with Gasteiger partial charge in [0.15, 0.2) is 0 Å². The standard InChI is InChI=1S/C17H23N3S/c1-3-13-5-8-15(19-12-13)11-17(20-18)14-6-9-16(10-7-14)21-4-2/h5-10,12,17,20H,3-4,11,18H2,1-2H3. The number of rotatable bonds is 7. The summed E-state index contributed by atoms with van der Waals surface area (Å²) in [4.78, 5) is 5.80. The summed E-state index contributed by atoms with van der Waals surface area (Å²) in [6, 6.07) is 12.9. The number of benzene rings is 1. The smallest absolute Gasteiger partial charge is 0.0515 e. The van der Waals surface area contributed by atoms with Crippen molar-refractivity contribution in [3.63, 3.8) is 0 Å². The van der Waals surface area contributed by atoms with Gasteiger partial charge in [-0.1, -0.05) is 32.0 Å². The van der Waals surface area contributed by atoms with E-state index < -0.39 is 0 Å². The van der Waals surface area contributed by atoms with Crippen molar-refractivity contribution in [2.75, 3.05) is 5.75 Å². The predicted octanol–water partition coefficient (Wildman–Crippen LogP) is 3.50. The second kappa shape index (κ2) is 8.17. The molecule has 1 aromatic heterocycles. The van der Waals surface area contributed by atoms with Crippen LogP contribution in [0.1, 0.15) is 36.7 Å². The lowest BCUT2D eigenvalue weighted by Gasteiger charge is -2.16. The summed E-state index contributed by atoms with van der Waals surface area (Å²) in [5, 5.41) is 0. The van der Waals surface area contributed by atoms with Gasteiger partial charge in [0.2, 0.25) is 0 Å². The zero-order valence-corrected chi connectivity index (χ0v) is 13.5. The van der Waals surface area contributed by atoms with Gasteiger partial charge in [-0.15, -0.1) is 11.8 Å². The molecule has 0 spiro atoms. The maximum absolute atomic E-state index is 5.72. The molecule has 0 aliphatic carbocycles. The third kappa shape index (κ3) is 4.56. The van der Waals surface area contributed by atoms with Crippen molar-refractivity contribution in [2.24, 2.45) is 5.84 Å². The largest absolute Gasteiger partial charge is 0.271 e. The molecule has 0 amide bonds. The average molecular weight is 301 g/mol. The number of nitrogens with one attached hydrogen (secondary N) is 1. The molecule has 112 valence electrons. The molecule has 1 unspecified atom stereocenters. The van der Waals surface area contributed by atoms with E-state index in [0.717, 1.165) is 24.3 Å². The fourth-order valence-electron chi connectivity index (χ4n) is 2.23. The number of hydrogen-bond acceptors (Lipinski definition) is 4. The van der Waals surface area contributed by atoms with Crippen LogP contribution in [0.3, 0.4) is 0 Å². The van der Waals surface area contributed by atoms with Gasteiger partial charge in [-0.2, -0.15) is 0 Å². The van der Waals surface area contributed by atoms with E-state index in [1.165, 1.54) is 16.0 Å². The van der Waals surface area contributed by atoms with Gasteiger partial charge in [0.1, 0.15) is 0 Å². The zero-order chi connectivity index (χ0) is 15.1. The summed E-state index contributed by atoms with van der Waals surface area (Å²) >= 11 is 1.85. The number of pyridine rings is 1. The van der Waals surface area contributed by atoms with E-state index in [1.807, 2.05) is 18.0 Å². The third-order valence-electron chi connectivity index (χ3n) is 3.50. The molecular weight excluding hydrogens is 278 g/mol. The third-order valence-corrected chi connectivity index (χ3v) is 4.40. The highest BCUT2D eigenvalue weighted by Gasteiger charge is 2.11. The van der Waals surface area contributed by atoms with E-state index in [1.54, 1.807) is 0 Å². The molecule has 0 saturated carbocycles. The fourth-order valence-corrected chi connectivity index (χ4v) is 2.89. The summed E-state index contributed by atoms with van der Waals surface area (Å²) in [6.45, 7) is 4.30. The van der Waals surface area contributed by atoms with E-state index in [4.69, 9.17) is 5.84 Å². The second-order valence-electron chi connectivity index (χ2n) is 4.94. The molecule has 1 heterocycles. The predicted molar refractivity (Wildman–Crippen MR) is 90.2 cm³/mol. The molecule has 2 aromatic rings. The Kier molecular flexibility index (Phi) is 6.23. The first-order chi connectivity index (χ1) is 10.3. The van der Waals surface area contributed by atoms with E-state index in [0.29, 0.717) is 0 Å². The van der Waals surface area contributed by atoms with Gasteiger partial charge >= 0.3 is 0 Å². The molecule has 1 atom stereocenters.